The van der Waals surface area contributed by atoms with Gasteiger partial charge in [0, 0.05) is 0 Å². The zero-order valence-corrected chi connectivity index (χ0v) is 10.8. The van der Waals surface area contributed by atoms with E-state index < -0.39 is 5.97 Å². The third kappa shape index (κ3) is 5.40. The zero-order valence-electron chi connectivity index (χ0n) is 10.8. The molecule has 1 rings (SSSR count). The van der Waals surface area contributed by atoms with Crippen molar-refractivity contribution in [1.29, 1.82) is 0 Å². The maximum atomic E-state index is 11.1. The Balaban J connectivity index is 0.00000289. The summed E-state index contributed by atoms with van der Waals surface area (Å²) in [7, 11) is 0. The highest BCUT2D eigenvalue weighted by Crippen LogP contribution is 2.16. The van der Waals surface area contributed by atoms with Gasteiger partial charge in [0.05, 0.1) is 5.56 Å². The number of carboxylic acids is 1. The number of aryl methyl sites for hydroxylation is 2. The van der Waals surface area contributed by atoms with Gasteiger partial charge in [0.25, 0.3) is 0 Å². The van der Waals surface area contributed by atoms with E-state index in [0.717, 1.165) is 31.2 Å². The van der Waals surface area contributed by atoms with Crippen LogP contribution in [0.3, 0.4) is 0 Å². The first-order valence-corrected chi connectivity index (χ1v) is 6.54. The van der Waals surface area contributed by atoms with Crippen LogP contribution in [-0.4, -0.2) is 34.1 Å². The third-order valence-electron chi connectivity index (χ3n) is 3.02. The van der Waals surface area contributed by atoms with Gasteiger partial charge in [-0.25, -0.2) is 4.79 Å². The fourth-order valence-electron chi connectivity index (χ4n) is 1.97. The van der Waals surface area contributed by atoms with Crippen molar-refractivity contribution in [2.45, 2.75) is 52.4 Å². The Kier molecular flexibility index (Phi) is 9.11. The summed E-state index contributed by atoms with van der Waals surface area (Å²) in [5.74, 6) is -0.807. The Labute approximate surface area is 126 Å². The van der Waals surface area contributed by atoms with Crippen molar-refractivity contribution in [3.05, 3.63) is 34.9 Å². The highest BCUT2D eigenvalue weighted by molar-refractivity contribution is 5.89. The van der Waals surface area contributed by atoms with Crippen LogP contribution in [0.1, 0.15) is 61.0 Å². The summed E-state index contributed by atoms with van der Waals surface area (Å²) in [4.78, 5) is 11.1. The summed E-state index contributed by atoms with van der Waals surface area (Å²) in [6.07, 6.45) is 6.41. The number of hydrogen-bond acceptors (Lipinski definition) is 1. The molecule has 0 aliphatic rings. The van der Waals surface area contributed by atoms with E-state index in [0.29, 0.717) is 5.56 Å². The van der Waals surface area contributed by atoms with E-state index >= 15 is 0 Å². The number of benzene rings is 1. The molecule has 0 heterocycles. The van der Waals surface area contributed by atoms with Gasteiger partial charge in [0.2, 0.25) is 0 Å². The van der Waals surface area contributed by atoms with Gasteiger partial charge in [-0.3, -0.25) is 0 Å². The molecule has 0 unspecified atom stereocenters. The lowest BCUT2D eigenvalue weighted by Gasteiger charge is -2.08. The first kappa shape index (κ1) is 17.5. The van der Waals surface area contributed by atoms with Gasteiger partial charge < -0.3 is 5.11 Å². The Morgan fingerprint density at radius 3 is 2.28 bits per heavy atom. The second-order valence-corrected chi connectivity index (χ2v) is 4.50. The average molecular weight is 261 g/mol. The predicted octanol–water partition coefficient (Wildman–Crippen LogP) is 3.15. The molecule has 0 fully saturated rings. The van der Waals surface area contributed by atoms with E-state index in [9.17, 15) is 4.79 Å². The summed E-state index contributed by atoms with van der Waals surface area (Å²) in [6, 6.07) is 5.79. The monoisotopic (exact) mass is 260 g/mol. The molecular formula is C15H24MgO2. The summed E-state index contributed by atoms with van der Waals surface area (Å²) in [5.41, 5.74) is 2.73. The van der Waals surface area contributed by atoms with Crippen LogP contribution in [0, 0.1) is 0 Å². The van der Waals surface area contributed by atoms with Crippen molar-refractivity contribution in [1.82, 2.24) is 0 Å². The van der Waals surface area contributed by atoms with Crippen molar-refractivity contribution < 1.29 is 9.90 Å². The quantitative estimate of drug-likeness (QED) is 0.765. The Hall–Kier alpha value is -0.544. The molecule has 3 heteroatoms. The lowest BCUT2D eigenvalue weighted by atomic mass is 9.97. The van der Waals surface area contributed by atoms with Gasteiger partial charge in [0.1, 0.15) is 0 Å². The molecule has 0 spiro atoms. The molecule has 0 aliphatic heterocycles. The minimum absolute atomic E-state index is 0. The first-order chi connectivity index (χ1) is 8.19. The second-order valence-electron chi connectivity index (χ2n) is 4.50. The number of carboxylic acid groups (broad SMARTS) is 1. The van der Waals surface area contributed by atoms with Crippen molar-refractivity contribution >= 4 is 29.0 Å². The molecular weight excluding hydrogens is 236 g/mol. The van der Waals surface area contributed by atoms with Crippen molar-refractivity contribution in [2.24, 2.45) is 0 Å². The minimum atomic E-state index is -0.807. The van der Waals surface area contributed by atoms with Crippen LogP contribution in [0.25, 0.3) is 0 Å². The van der Waals surface area contributed by atoms with Gasteiger partial charge in [0.15, 0.2) is 0 Å². The summed E-state index contributed by atoms with van der Waals surface area (Å²) >= 11 is 0. The molecule has 18 heavy (non-hydrogen) atoms. The summed E-state index contributed by atoms with van der Waals surface area (Å²) < 4.78 is 0. The lowest BCUT2D eigenvalue weighted by Crippen LogP contribution is -2.03. The Morgan fingerprint density at radius 1 is 1.11 bits per heavy atom. The molecule has 1 aromatic rings. The number of hydrogen-bond donors (Lipinski definition) is 1. The van der Waals surface area contributed by atoms with E-state index in [2.05, 4.69) is 19.9 Å². The van der Waals surface area contributed by atoms with Gasteiger partial charge in [-0.1, -0.05) is 38.8 Å². The van der Waals surface area contributed by atoms with E-state index in [1.165, 1.54) is 18.4 Å². The molecule has 0 saturated heterocycles. The Bertz CT molecular complexity index is 375. The molecule has 0 atom stereocenters. The molecule has 2 nitrogen and oxygen atoms in total. The first-order valence-electron chi connectivity index (χ1n) is 6.54. The second kappa shape index (κ2) is 9.39. The fourth-order valence-corrected chi connectivity index (χ4v) is 1.97. The molecule has 0 saturated carbocycles. The summed E-state index contributed by atoms with van der Waals surface area (Å²) in [6.45, 7) is 4.30. The number of rotatable bonds is 7. The molecule has 1 N–H and O–H groups in total. The standard InChI is InChI=1S/C15H22O2.Mg.2H/c1-3-5-7-12-9-10-14(15(16)17)13(11-12)8-6-4-2;;;/h9-11H,3-8H2,1-2H3,(H,16,17);;;. The molecule has 98 valence electrons. The maximum Gasteiger partial charge on any atom is 0.335 e. The topological polar surface area (TPSA) is 37.3 Å². The lowest BCUT2D eigenvalue weighted by molar-refractivity contribution is 0.0695. The van der Waals surface area contributed by atoms with E-state index in [1.807, 2.05) is 6.07 Å². The van der Waals surface area contributed by atoms with Gasteiger partial charge in [-0.2, -0.15) is 0 Å². The van der Waals surface area contributed by atoms with Crippen LogP contribution in [0.5, 0.6) is 0 Å². The smallest absolute Gasteiger partial charge is 0.335 e. The summed E-state index contributed by atoms with van der Waals surface area (Å²) in [5, 5.41) is 9.13. The minimum Gasteiger partial charge on any atom is -0.478 e. The van der Waals surface area contributed by atoms with E-state index in [1.54, 1.807) is 6.07 Å². The average Bonchev–Trinajstić information content (AvgIpc) is 2.33. The third-order valence-corrected chi connectivity index (χ3v) is 3.02. The Morgan fingerprint density at radius 2 is 1.72 bits per heavy atom. The molecule has 0 bridgehead atoms. The van der Waals surface area contributed by atoms with Crippen molar-refractivity contribution in [3.63, 3.8) is 0 Å². The molecule has 0 amide bonds. The van der Waals surface area contributed by atoms with Crippen LogP contribution >= 0.6 is 0 Å². The number of carbonyl (C=O) groups is 1. The van der Waals surface area contributed by atoms with Crippen molar-refractivity contribution in [2.75, 3.05) is 0 Å². The van der Waals surface area contributed by atoms with E-state index in [-0.39, 0.29) is 23.1 Å². The fraction of sp³-hybridized carbons (Fsp3) is 0.533. The molecule has 0 radical (unpaired) electrons. The van der Waals surface area contributed by atoms with Crippen molar-refractivity contribution in [3.8, 4) is 0 Å². The molecule has 0 aliphatic carbocycles. The van der Waals surface area contributed by atoms with Crippen LogP contribution < -0.4 is 0 Å². The van der Waals surface area contributed by atoms with Gasteiger partial charge >= 0.3 is 29.0 Å². The largest absolute Gasteiger partial charge is 0.478 e. The van der Waals surface area contributed by atoms with Crippen LogP contribution in [0.2, 0.25) is 0 Å². The maximum absolute atomic E-state index is 11.1. The highest BCUT2D eigenvalue weighted by atomic mass is 24.3. The number of unbranched alkanes of at least 4 members (excludes halogenated alkanes) is 2. The van der Waals surface area contributed by atoms with Crippen LogP contribution in [-0.2, 0) is 12.8 Å². The molecule has 0 aromatic heterocycles. The zero-order chi connectivity index (χ0) is 12.7. The van der Waals surface area contributed by atoms with Gasteiger partial charge in [-0.05, 0) is 42.9 Å². The predicted molar refractivity (Wildman–Crippen MR) is 79.2 cm³/mol. The van der Waals surface area contributed by atoms with Gasteiger partial charge in [-0.15, -0.1) is 0 Å². The van der Waals surface area contributed by atoms with Crippen LogP contribution in [0.15, 0.2) is 18.2 Å². The van der Waals surface area contributed by atoms with Crippen LogP contribution in [0.4, 0.5) is 0 Å². The SMILES string of the molecule is CCCCc1ccc(C(=O)O)c(CCCC)c1.[MgH2]. The normalized spacial score (nSPS) is 9.89. The van der Waals surface area contributed by atoms with E-state index in [4.69, 9.17) is 5.11 Å². The molecule has 1 aromatic carbocycles. The number of aromatic carboxylic acids is 1. The highest BCUT2D eigenvalue weighted by Gasteiger charge is 2.10.